The molecular formula is C16H15BrCl2O. The monoisotopic (exact) mass is 372 g/mol. The minimum absolute atomic E-state index is 0.306. The van der Waals surface area contributed by atoms with E-state index in [-0.39, 0.29) is 5.38 Å². The van der Waals surface area contributed by atoms with E-state index in [1.54, 1.807) is 13.2 Å². The Morgan fingerprint density at radius 2 is 1.80 bits per heavy atom. The topological polar surface area (TPSA) is 9.23 Å². The standard InChI is InChI=1S/C16H15BrCl2O/c1-9-4-5-11(6-10(9)2)15(19)13-7-12(18)8-14(17)16(13)20-3/h4-8,15H,1-3H3. The molecule has 0 saturated carbocycles. The lowest BCUT2D eigenvalue weighted by Gasteiger charge is -2.17. The normalized spacial score (nSPS) is 12.3. The molecule has 2 rings (SSSR count). The number of aryl methyl sites for hydroxylation is 2. The van der Waals surface area contributed by atoms with Crippen LogP contribution in [0.15, 0.2) is 34.8 Å². The summed E-state index contributed by atoms with van der Waals surface area (Å²) in [6.07, 6.45) is 0. The van der Waals surface area contributed by atoms with Crippen LogP contribution in [-0.4, -0.2) is 7.11 Å². The molecule has 0 aliphatic carbocycles. The highest BCUT2D eigenvalue weighted by Gasteiger charge is 2.19. The van der Waals surface area contributed by atoms with Crippen LogP contribution in [0.4, 0.5) is 0 Å². The van der Waals surface area contributed by atoms with E-state index in [4.69, 9.17) is 27.9 Å². The lowest BCUT2D eigenvalue weighted by molar-refractivity contribution is 0.407. The number of hydrogen-bond donors (Lipinski definition) is 0. The first-order valence-corrected chi connectivity index (χ1v) is 7.79. The predicted octanol–water partition coefficient (Wildman–Crippen LogP) is 6.06. The third-order valence-corrected chi connectivity index (χ3v) is 4.63. The minimum atomic E-state index is -0.306. The first kappa shape index (κ1) is 15.7. The van der Waals surface area contributed by atoms with Crippen molar-refractivity contribution in [3.63, 3.8) is 0 Å². The molecule has 0 aliphatic heterocycles. The Morgan fingerprint density at radius 1 is 1.10 bits per heavy atom. The van der Waals surface area contributed by atoms with Gasteiger partial charge in [-0.3, -0.25) is 0 Å². The molecule has 0 bridgehead atoms. The van der Waals surface area contributed by atoms with Crippen molar-refractivity contribution in [2.45, 2.75) is 19.2 Å². The fourth-order valence-electron chi connectivity index (χ4n) is 2.09. The number of alkyl halides is 1. The van der Waals surface area contributed by atoms with Crippen molar-refractivity contribution in [2.24, 2.45) is 0 Å². The summed E-state index contributed by atoms with van der Waals surface area (Å²) in [6.45, 7) is 4.16. The second-order valence-corrected chi connectivity index (χ2v) is 6.44. The van der Waals surface area contributed by atoms with E-state index in [9.17, 15) is 0 Å². The third-order valence-electron chi connectivity index (χ3n) is 3.34. The van der Waals surface area contributed by atoms with Gasteiger partial charge in [-0.15, -0.1) is 11.6 Å². The minimum Gasteiger partial charge on any atom is -0.495 e. The number of halogens is 3. The molecule has 20 heavy (non-hydrogen) atoms. The Labute approximate surface area is 138 Å². The van der Waals surface area contributed by atoms with Crippen LogP contribution in [0.5, 0.6) is 5.75 Å². The predicted molar refractivity (Wildman–Crippen MR) is 89.3 cm³/mol. The third kappa shape index (κ3) is 3.13. The van der Waals surface area contributed by atoms with Crippen LogP contribution in [0, 0.1) is 13.8 Å². The number of methoxy groups -OCH3 is 1. The molecule has 2 aromatic carbocycles. The largest absolute Gasteiger partial charge is 0.495 e. The van der Waals surface area contributed by atoms with Crippen LogP contribution in [0.3, 0.4) is 0 Å². The van der Waals surface area contributed by atoms with E-state index in [0.29, 0.717) is 10.8 Å². The van der Waals surface area contributed by atoms with Crippen molar-refractivity contribution >= 4 is 39.1 Å². The Balaban J connectivity index is 2.52. The summed E-state index contributed by atoms with van der Waals surface area (Å²) in [5.41, 5.74) is 4.35. The molecule has 0 saturated heterocycles. The maximum Gasteiger partial charge on any atom is 0.138 e. The van der Waals surface area contributed by atoms with Crippen molar-refractivity contribution in [2.75, 3.05) is 7.11 Å². The molecule has 0 spiro atoms. The summed E-state index contributed by atoms with van der Waals surface area (Å²) in [5, 5.41) is 0.321. The number of benzene rings is 2. The van der Waals surface area contributed by atoms with Crippen LogP contribution in [0.1, 0.15) is 27.6 Å². The molecule has 1 atom stereocenters. The molecule has 4 heteroatoms. The van der Waals surface area contributed by atoms with E-state index < -0.39 is 0 Å². The summed E-state index contributed by atoms with van der Waals surface area (Å²) in [5.74, 6) is 0.715. The Kier molecular flexibility index (Phi) is 5.00. The zero-order valence-corrected chi connectivity index (χ0v) is 14.6. The Morgan fingerprint density at radius 3 is 2.40 bits per heavy atom. The van der Waals surface area contributed by atoms with Gasteiger partial charge in [-0.2, -0.15) is 0 Å². The molecular weight excluding hydrogens is 359 g/mol. The van der Waals surface area contributed by atoms with Gasteiger partial charge in [0.15, 0.2) is 0 Å². The van der Waals surface area contributed by atoms with Gasteiger partial charge < -0.3 is 4.74 Å². The van der Waals surface area contributed by atoms with Gasteiger partial charge in [-0.25, -0.2) is 0 Å². The molecule has 0 radical (unpaired) electrons. The van der Waals surface area contributed by atoms with Crippen molar-refractivity contribution in [3.8, 4) is 5.75 Å². The van der Waals surface area contributed by atoms with Crippen LogP contribution >= 0.6 is 39.1 Å². The molecule has 0 aromatic heterocycles. The first-order valence-electron chi connectivity index (χ1n) is 6.18. The van der Waals surface area contributed by atoms with Gasteiger partial charge in [-0.05, 0) is 58.6 Å². The van der Waals surface area contributed by atoms with Crippen molar-refractivity contribution in [1.82, 2.24) is 0 Å². The summed E-state index contributed by atoms with van der Waals surface area (Å²) < 4.78 is 6.24. The molecule has 0 fully saturated rings. The molecule has 1 unspecified atom stereocenters. The zero-order valence-electron chi connectivity index (χ0n) is 11.5. The van der Waals surface area contributed by atoms with E-state index in [1.165, 1.54) is 11.1 Å². The van der Waals surface area contributed by atoms with E-state index in [1.807, 2.05) is 12.1 Å². The maximum absolute atomic E-state index is 6.62. The summed E-state index contributed by atoms with van der Waals surface area (Å²) in [4.78, 5) is 0. The number of ether oxygens (including phenoxy) is 1. The van der Waals surface area contributed by atoms with Gasteiger partial charge in [0.2, 0.25) is 0 Å². The van der Waals surface area contributed by atoms with Crippen molar-refractivity contribution in [1.29, 1.82) is 0 Å². The fourth-order valence-corrected chi connectivity index (χ4v) is 3.38. The zero-order chi connectivity index (χ0) is 14.9. The molecule has 1 nitrogen and oxygen atoms in total. The SMILES string of the molecule is COc1c(Br)cc(Cl)cc1C(Cl)c1ccc(C)c(C)c1. The van der Waals surface area contributed by atoms with Gasteiger partial charge >= 0.3 is 0 Å². The molecule has 0 heterocycles. The van der Waals surface area contributed by atoms with Gasteiger partial charge in [0.05, 0.1) is 17.0 Å². The van der Waals surface area contributed by atoms with Gasteiger partial charge in [0, 0.05) is 10.6 Å². The first-order chi connectivity index (χ1) is 9.43. The maximum atomic E-state index is 6.62. The average Bonchev–Trinajstić information content (AvgIpc) is 2.40. The summed E-state index contributed by atoms with van der Waals surface area (Å²) in [7, 11) is 1.63. The molecule has 0 N–H and O–H groups in total. The highest BCUT2D eigenvalue weighted by Crippen LogP contribution is 2.41. The van der Waals surface area contributed by atoms with E-state index >= 15 is 0 Å². The van der Waals surface area contributed by atoms with Crippen LogP contribution in [0.2, 0.25) is 5.02 Å². The molecule has 2 aromatic rings. The van der Waals surface area contributed by atoms with E-state index in [0.717, 1.165) is 15.6 Å². The molecule has 0 amide bonds. The van der Waals surface area contributed by atoms with Crippen LogP contribution in [-0.2, 0) is 0 Å². The smallest absolute Gasteiger partial charge is 0.138 e. The van der Waals surface area contributed by atoms with Gasteiger partial charge in [0.1, 0.15) is 5.75 Å². The Hall–Kier alpha value is -0.700. The van der Waals surface area contributed by atoms with Crippen molar-refractivity contribution < 1.29 is 4.74 Å². The summed E-state index contributed by atoms with van der Waals surface area (Å²) >= 11 is 16.2. The van der Waals surface area contributed by atoms with E-state index in [2.05, 4.69) is 41.9 Å². The van der Waals surface area contributed by atoms with Crippen molar-refractivity contribution in [3.05, 3.63) is 62.1 Å². The fraction of sp³-hybridized carbons (Fsp3) is 0.250. The quantitative estimate of drug-likeness (QED) is 0.594. The highest BCUT2D eigenvalue weighted by atomic mass is 79.9. The molecule has 106 valence electrons. The highest BCUT2D eigenvalue weighted by molar-refractivity contribution is 9.10. The van der Waals surface area contributed by atoms with Crippen LogP contribution in [0.25, 0.3) is 0 Å². The second-order valence-electron chi connectivity index (χ2n) is 4.72. The molecule has 0 aliphatic rings. The number of hydrogen-bond acceptors (Lipinski definition) is 1. The lowest BCUT2D eigenvalue weighted by Crippen LogP contribution is -1.99. The van der Waals surface area contributed by atoms with Gasteiger partial charge in [-0.1, -0.05) is 29.8 Å². The lowest BCUT2D eigenvalue weighted by atomic mass is 9.99. The average molecular weight is 374 g/mol. The Bertz CT molecular complexity index is 641. The number of rotatable bonds is 3. The summed E-state index contributed by atoms with van der Waals surface area (Å²) in [6, 6.07) is 9.85. The van der Waals surface area contributed by atoms with Crippen LogP contribution < -0.4 is 4.74 Å². The second kappa shape index (κ2) is 6.38. The van der Waals surface area contributed by atoms with Gasteiger partial charge in [0.25, 0.3) is 0 Å².